The molecule has 1 aromatic rings. The average molecular weight is 600 g/mol. The molecule has 1 amide bonds. The number of rotatable bonds is 11. The predicted molar refractivity (Wildman–Crippen MR) is 174 cm³/mol. The summed E-state index contributed by atoms with van der Waals surface area (Å²) in [5.41, 5.74) is 3.49. The molecule has 2 fully saturated rings. The smallest absolute Gasteiger partial charge is 0.410 e. The van der Waals surface area contributed by atoms with Gasteiger partial charge in [0, 0.05) is 38.0 Å². The van der Waals surface area contributed by atoms with Crippen molar-refractivity contribution in [3.05, 3.63) is 90.0 Å². The van der Waals surface area contributed by atoms with Gasteiger partial charge < -0.3 is 29.3 Å². The molecule has 44 heavy (non-hydrogen) atoms. The van der Waals surface area contributed by atoms with Crippen LogP contribution in [0.1, 0.15) is 58.1 Å². The summed E-state index contributed by atoms with van der Waals surface area (Å²) in [6.45, 7) is 17.4. The summed E-state index contributed by atoms with van der Waals surface area (Å²) in [7, 11) is 0. The van der Waals surface area contributed by atoms with Crippen molar-refractivity contribution >= 4 is 18.0 Å². The number of nitriles is 1. The molecule has 0 aromatic heterocycles. The van der Waals surface area contributed by atoms with E-state index in [1.54, 1.807) is 29.3 Å². The summed E-state index contributed by atoms with van der Waals surface area (Å²) >= 11 is 0. The van der Waals surface area contributed by atoms with Crippen LogP contribution < -0.4 is 10.2 Å². The fourth-order valence-electron chi connectivity index (χ4n) is 5.47. The van der Waals surface area contributed by atoms with Crippen LogP contribution in [-0.2, 0) is 14.2 Å². The molecular weight excluding hydrogens is 554 g/mol. The van der Waals surface area contributed by atoms with E-state index in [2.05, 4.69) is 58.7 Å². The summed E-state index contributed by atoms with van der Waals surface area (Å²) in [6, 6.07) is 11.1. The van der Waals surface area contributed by atoms with Gasteiger partial charge in [0.05, 0.1) is 31.4 Å². The third kappa shape index (κ3) is 9.10. The number of hydrogen-bond donors (Lipinski definition) is 1. The summed E-state index contributed by atoms with van der Waals surface area (Å²) in [5.74, 6) is 1.31. The van der Waals surface area contributed by atoms with Crippen LogP contribution in [-0.4, -0.2) is 68.3 Å². The van der Waals surface area contributed by atoms with Crippen molar-refractivity contribution in [1.82, 2.24) is 10.2 Å². The van der Waals surface area contributed by atoms with Crippen molar-refractivity contribution in [2.75, 3.05) is 44.3 Å². The molecule has 9 nitrogen and oxygen atoms in total. The Balaban J connectivity index is 1.38. The highest BCUT2D eigenvalue weighted by Gasteiger charge is 2.31. The number of morpholine rings is 1. The molecule has 0 radical (unpaired) electrons. The zero-order valence-electron chi connectivity index (χ0n) is 26.3. The van der Waals surface area contributed by atoms with Crippen molar-refractivity contribution in [3.63, 3.8) is 0 Å². The Morgan fingerprint density at radius 3 is 2.59 bits per heavy atom. The number of nitrogens with zero attached hydrogens (tertiary/aromatic N) is 4. The summed E-state index contributed by atoms with van der Waals surface area (Å²) in [5, 5.41) is 13.6. The number of ether oxygens (including phenoxy) is 3. The number of anilines is 1. The number of carbonyl (C=O) groups excluding carboxylic acids is 1. The van der Waals surface area contributed by atoms with E-state index in [4.69, 9.17) is 14.2 Å². The van der Waals surface area contributed by atoms with Gasteiger partial charge in [0.25, 0.3) is 0 Å². The molecule has 2 saturated heterocycles. The second-order valence-corrected chi connectivity index (χ2v) is 12.0. The minimum atomic E-state index is -0.560. The normalized spacial score (nSPS) is 21.3. The topological polar surface area (TPSA) is 99.4 Å². The van der Waals surface area contributed by atoms with Gasteiger partial charge in [-0.05, 0) is 69.4 Å². The van der Waals surface area contributed by atoms with E-state index in [-0.39, 0.29) is 18.2 Å². The molecule has 9 heteroatoms. The lowest BCUT2D eigenvalue weighted by Crippen LogP contribution is -2.36. The van der Waals surface area contributed by atoms with Gasteiger partial charge in [-0.1, -0.05) is 43.5 Å². The van der Waals surface area contributed by atoms with Gasteiger partial charge in [0.1, 0.15) is 29.4 Å². The maximum atomic E-state index is 12.5. The Morgan fingerprint density at radius 2 is 1.93 bits per heavy atom. The number of likely N-dealkylation sites (tertiary alicyclic amines) is 1. The van der Waals surface area contributed by atoms with Gasteiger partial charge >= 0.3 is 6.09 Å². The molecule has 0 unspecified atom stereocenters. The quantitative estimate of drug-likeness (QED) is 0.137. The first-order valence-electron chi connectivity index (χ1n) is 15.3. The average Bonchev–Trinajstić information content (AvgIpc) is 3.65. The number of aliphatic imine (C=N–C) groups is 1. The van der Waals surface area contributed by atoms with E-state index in [0.29, 0.717) is 37.3 Å². The fraction of sp³-hybridized carbons (Fsp3) is 0.457. The van der Waals surface area contributed by atoms with Crippen molar-refractivity contribution in [2.45, 2.75) is 64.2 Å². The maximum absolute atomic E-state index is 12.5. The molecule has 4 rings (SSSR count). The van der Waals surface area contributed by atoms with Gasteiger partial charge in [0.2, 0.25) is 0 Å². The first-order valence-corrected chi connectivity index (χ1v) is 15.3. The molecular formula is C35H45N5O4. The Kier molecular flexibility index (Phi) is 11.4. The molecule has 1 N–H and O–H groups in total. The summed E-state index contributed by atoms with van der Waals surface area (Å²) < 4.78 is 17.2. The third-order valence-corrected chi connectivity index (χ3v) is 7.62. The van der Waals surface area contributed by atoms with Crippen LogP contribution in [0.15, 0.2) is 89.4 Å². The van der Waals surface area contributed by atoms with Gasteiger partial charge in [-0.3, -0.25) is 0 Å². The molecule has 0 aliphatic carbocycles. The molecule has 3 aliphatic rings. The highest BCUT2D eigenvalue weighted by Crippen LogP contribution is 2.34. The zero-order valence-corrected chi connectivity index (χ0v) is 26.3. The molecule has 3 aliphatic heterocycles. The van der Waals surface area contributed by atoms with Crippen LogP contribution >= 0.6 is 0 Å². The number of allylic oxidation sites excluding steroid dienone is 5. The van der Waals surface area contributed by atoms with Crippen molar-refractivity contribution in [3.8, 4) is 6.07 Å². The standard InChI is InChI=1S/C35H45N5O4/c1-6-9-32(43-30-16-18-40(25-30)34(41)44-35(3,4)5)28(24-36)11-8-10-27-23-31(38-33(27)37-17-7-2)26-12-14-29(15-13-26)39-19-21-42-22-20-39/h6-7,9,11-15,17,30-31,38H,1-2,8,10,16,18-23,25H2,3-5H3/b28-11-,32-9+,37-17?/t30-,31-/m0/s1. The van der Waals surface area contributed by atoms with Crippen LogP contribution in [0.3, 0.4) is 0 Å². The number of hydrogen-bond acceptors (Lipinski definition) is 8. The second kappa shape index (κ2) is 15.4. The Labute approximate surface area is 261 Å². The fourth-order valence-corrected chi connectivity index (χ4v) is 5.47. The summed E-state index contributed by atoms with van der Waals surface area (Å²) in [4.78, 5) is 21.1. The lowest BCUT2D eigenvalue weighted by molar-refractivity contribution is 0.0260. The third-order valence-electron chi connectivity index (χ3n) is 7.62. The Hall–Kier alpha value is -4.29. The molecule has 0 saturated carbocycles. The van der Waals surface area contributed by atoms with Crippen LogP contribution in [0.2, 0.25) is 0 Å². The molecule has 2 atom stereocenters. The molecule has 3 heterocycles. The van der Waals surface area contributed by atoms with Crippen molar-refractivity contribution < 1.29 is 19.0 Å². The van der Waals surface area contributed by atoms with Crippen LogP contribution in [0, 0.1) is 11.3 Å². The number of nitrogens with one attached hydrogen (secondary N) is 1. The van der Waals surface area contributed by atoms with Crippen molar-refractivity contribution in [2.24, 2.45) is 4.99 Å². The largest absolute Gasteiger partial charge is 0.487 e. The van der Waals surface area contributed by atoms with Gasteiger partial charge in [-0.15, -0.1) is 0 Å². The highest BCUT2D eigenvalue weighted by molar-refractivity contribution is 5.71. The molecule has 0 bridgehead atoms. The molecule has 1 aromatic carbocycles. The van der Waals surface area contributed by atoms with Gasteiger partial charge in [0.15, 0.2) is 0 Å². The monoisotopic (exact) mass is 599 g/mol. The van der Waals surface area contributed by atoms with Crippen LogP contribution in [0.4, 0.5) is 10.5 Å². The predicted octanol–water partition coefficient (Wildman–Crippen LogP) is 6.35. The van der Waals surface area contributed by atoms with Crippen molar-refractivity contribution in [1.29, 1.82) is 5.26 Å². The van der Waals surface area contributed by atoms with Crippen LogP contribution in [0.25, 0.3) is 0 Å². The highest BCUT2D eigenvalue weighted by atomic mass is 16.6. The first kappa shape index (κ1) is 32.6. The van der Waals surface area contributed by atoms with E-state index < -0.39 is 5.60 Å². The zero-order chi connectivity index (χ0) is 31.5. The van der Waals surface area contributed by atoms with Gasteiger partial charge in [-0.2, -0.15) is 5.26 Å². The summed E-state index contributed by atoms with van der Waals surface area (Å²) in [6.07, 6.45) is 10.9. The van der Waals surface area contributed by atoms with Crippen LogP contribution in [0.5, 0.6) is 0 Å². The van der Waals surface area contributed by atoms with E-state index in [9.17, 15) is 10.1 Å². The SMILES string of the molecule is C=CC=NC1=C(CC/C=C(C#N)\C(=C/C=C)O[C@H]2CCN(C(=O)OC(C)(C)C)C2)C[C@@H](c2ccc(N3CCOCC3)cc2)N1. The lowest BCUT2D eigenvalue weighted by atomic mass is 9.99. The second-order valence-electron chi connectivity index (χ2n) is 12.0. The number of benzene rings is 1. The first-order chi connectivity index (χ1) is 21.2. The maximum Gasteiger partial charge on any atom is 0.410 e. The minimum absolute atomic E-state index is 0.120. The van der Waals surface area contributed by atoms with Gasteiger partial charge in [-0.25, -0.2) is 9.79 Å². The van der Waals surface area contributed by atoms with E-state index >= 15 is 0 Å². The van der Waals surface area contributed by atoms with E-state index in [1.807, 2.05) is 26.8 Å². The molecule has 0 spiro atoms. The lowest BCUT2D eigenvalue weighted by Gasteiger charge is -2.29. The minimum Gasteiger partial charge on any atom is -0.487 e. The van der Waals surface area contributed by atoms with E-state index in [0.717, 1.165) is 45.0 Å². The Morgan fingerprint density at radius 1 is 1.18 bits per heavy atom. The Bertz CT molecular complexity index is 1340. The molecule has 234 valence electrons. The number of amides is 1. The number of carbonyl (C=O) groups is 1. The van der Waals surface area contributed by atoms with E-state index in [1.165, 1.54) is 16.8 Å².